The first kappa shape index (κ1) is 24.7. The van der Waals surface area contributed by atoms with Crippen LogP contribution < -0.4 is 15.2 Å². The minimum absolute atomic E-state index is 0.00215. The summed E-state index contributed by atoms with van der Waals surface area (Å²) in [5.41, 5.74) is 6.33. The van der Waals surface area contributed by atoms with Crippen molar-refractivity contribution in [3.63, 3.8) is 0 Å². The molecule has 1 aromatic heterocycles. The molecule has 0 atom stereocenters. The SMILES string of the molecule is CCOC(=O)c1c(C)[nH]c(C(=O)COC(=O)c2cc(Cl)c(OCC(N)=O)c(OC)c2)c1C. The molecule has 1 aromatic carbocycles. The highest BCUT2D eigenvalue weighted by Crippen LogP contribution is 2.36. The molecule has 11 heteroatoms. The predicted molar refractivity (Wildman–Crippen MR) is 114 cm³/mol. The first-order valence-corrected chi connectivity index (χ1v) is 9.83. The molecule has 0 radical (unpaired) electrons. The van der Waals surface area contributed by atoms with Crippen molar-refractivity contribution in [2.24, 2.45) is 5.73 Å². The summed E-state index contributed by atoms with van der Waals surface area (Å²) in [5.74, 6) is -2.53. The molecule has 2 aromatic rings. The Morgan fingerprint density at radius 2 is 1.75 bits per heavy atom. The molecule has 0 saturated heterocycles. The van der Waals surface area contributed by atoms with Crippen LogP contribution in [-0.2, 0) is 14.3 Å². The average molecular weight is 467 g/mol. The highest BCUT2D eigenvalue weighted by Gasteiger charge is 2.24. The number of Topliss-reactive ketones (excluding diaryl/α,β-unsaturated/α-hetero) is 1. The van der Waals surface area contributed by atoms with Gasteiger partial charge in [-0.1, -0.05) is 11.6 Å². The number of nitrogens with two attached hydrogens (primary N) is 1. The Labute approximate surface area is 188 Å². The molecule has 0 fully saturated rings. The standard InChI is InChI=1S/C21H23ClN2O8/c1-5-30-21(28)17-10(2)18(24-11(17)3)14(25)8-32-20(27)12-6-13(22)19(15(7-12)29-4)31-9-16(23)26/h6-7,24H,5,8-9H2,1-4H3,(H2,23,26). The van der Waals surface area contributed by atoms with Crippen LogP contribution in [0.15, 0.2) is 12.1 Å². The van der Waals surface area contributed by atoms with Crippen molar-refractivity contribution in [2.75, 3.05) is 26.9 Å². The molecule has 3 N–H and O–H groups in total. The summed E-state index contributed by atoms with van der Waals surface area (Å²) in [6, 6.07) is 2.54. The third-order valence-electron chi connectivity index (χ3n) is 4.35. The number of esters is 2. The first-order chi connectivity index (χ1) is 15.1. The number of aromatic nitrogens is 1. The van der Waals surface area contributed by atoms with Crippen molar-refractivity contribution >= 4 is 35.2 Å². The number of primary amides is 1. The van der Waals surface area contributed by atoms with Gasteiger partial charge in [0.05, 0.1) is 35.6 Å². The summed E-state index contributed by atoms with van der Waals surface area (Å²) < 4.78 is 20.4. The van der Waals surface area contributed by atoms with E-state index in [0.717, 1.165) is 0 Å². The molecule has 10 nitrogen and oxygen atoms in total. The lowest BCUT2D eigenvalue weighted by atomic mass is 10.1. The molecule has 0 aliphatic heterocycles. The van der Waals surface area contributed by atoms with Crippen LogP contribution in [0, 0.1) is 13.8 Å². The quantitative estimate of drug-likeness (QED) is 0.400. The largest absolute Gasteiger partial charge is 0.493 e. The van der Waals surface area contributed by atoms with Gasteiger partial charge in [0.1, 0.15) is 0 Å². The van der Waals surface area contributed by atoms with Crippen LogP contribution in [0.3, 0.4) is 0 Å². The lowest BCUT2D eigenvalue weighted by molar-refractivity contribution is -0.119. The second-order valence-electron chi connectivity index (χ2n) is 6.59. The molecular formula is C21H23ClN2O8. The molecule has 0 bridgehead atoms. The average Bonchev–Trinajstić information content (AvgIpc) is 3.04. The van der Waals surface area contributed by atoms with E-state index in [1.54, 1.807) is 20.8 Å². The maximum absolute atomic E-state index is 12.6. The van der Waals surface area contributed by atoms with Gasteiger partial charge in [0.25, 0.3) is 5.91 Å². The number of methoxy groups -OCH3 is 1. The monoisotopic (exact) mass is 466 g/mol. The maximum Gasteiger partial charge on any atom is 0.340 e. The fraction of sp³-hybridized carbons (Fsp3) is 0.333. The summed E-state index contributed by atoms with van der Waals surface area (Å²) in [6.45, 7) is 4.10. The third kappa shape index (κ3) is 5.58. The molecule has 1 heterocycles. The molecule has 32 heavy (non-hydrogen) atoms. The van der Waals surface area contributed by atoms with E-state index >= 15 is 0 Å². The Kier molecular flexibility index (Phi) is 8.25. The Hall–Kier alpha value is -3.53. The second kappa shape index (κ2) is 10.7. The van der Waals surface area contributed by atoms with Gasteiger partial charge in [-0.15, -0.1) is 0 Å². The summed E-state index contributed by atoms with van der Waals surface area (Å²) >= 11 is 6.12. The van der Waals surface area contributed by atoms with Gasteiger partial charge in [0.2, 0.25) is 5.78 Å². The number of H-pyrrole nitrogens is 1. The fourth-order valence-corrected chi connectivity index (χ4v) is 3.21. The number of aromatic amines is 1. The third-order valence-corrected chi connectivity index (χ3v) is 4.63. The van der Waals surface area contributed by atoms with E-state index in [1.165, 1.54) is 19.2 Å². The van der Waals surface area contributed by atoms with Gasteiger partial charge in [-0.2, -0.15) is 0 Å². The van der Waals surface area contributed by atoms with E-state index < -0.39 is 36.8 Å². The summed E-state index contributed by atoms with van der Waals surface area (Å²) in [5, 5.41) is -0.0150. The minimum Gasteiger partial charge on any atom is -0.493 e. The van der Waals surface area contributed by atoms with E-state index in [9.17, 15) is 19.2 Å². The van der Waals surface area contributed by atoms with Crippen molar-refractivity contribution in [1.82, 2.24) is 4.98 Å². The number of hydrogen-bond acceptors (Lipinski definition) is 8. The van der Waals surface area contributed by atoms with Crippen LogP contribution >= 0.6 is 11.6 Å². The summed E-state index contributed by atoms with van der Waals surface area (Å²) in [7, 11) is 1.32. The zero-order chi connectivity index (χ0) is 24.0. The molecule has 0 saturated carbocycles. The molecular weight excluding hydrogens is 444 g/mol. The highest BCUT2D eigenvalue weighted by molar-refractivity contribution is 6.32. The summed E-state index contributed by atoms with van der Waals surface area (Å²) in [6.07, 6.45) is 0. The van der Waals surface area contributed by atoms with Crippen LogP contribution in [0.4, 0.5) is 0 Å². The second-order valence-corrected chi connectivity index (χ2v) is 7.00. The van der Waals surface area contributed by atoms with Gasteiger partial charge in [0.15, 0.2) is 24.7 Å². The van der Waals surface area contributed by atoms with Crippen molar-refractivity contribution < 1.29 is 38.1 Å². The smallest absolute Gasteiger partial charge is 0.340 e. The van der Waals surface area contributed by atoms with E-state index in [2.05, 4.69) is 4.98 Å². The number of aryl methyl sites for hydroxylation is 1. The predicted octanol–water partition coefficient (Wildman–Crippen LogP) is 2.37. The van der Waals surface area contributed by atoms with Gasteiger partial charge in [-0.05, 0) is 38.5 Å². The number of carbonyl (C=O) groups is 4. The normalized spacial score (nSPS) is 10.4. The Bertz CT molecular complexity index is 1060. The molecule has 0 unspecified atom stereocenters. The number of nitrogens with one attached hydrogen (secondary N) is 1. The fourth-order valence-electron chi connectivity index (χ4n) is 2.95. The topological polar surface area (TPSA) is 147 Å². The molecule has 2 rings (SSSR count). The van der Waals surface area contributed by atoms with Crippen molar-refractivity contribution in [1.29, 1.82) is 0 Å². The van der Waals surface area contributed by atoms with Crippen LogP contribution in [0.2, 0.25) is 5.02 Å². The number of hydrogen-bond donors (Lipinski definition) is 2. The summed E-state index contributed by atoms with van der Waals surface area (Å²) in [4.78, 5) is 50.8. The first-order valence-electron chi connectivity index (χ1n) is 9.45. The molecule has 0 aliphatic carbocycles. The molecule has 0 spiro atoms. The number of amides is 1. The van der Waals surface area contributed by atoms with Gasteiger partial charge >= 0.3 is 11.9 Å². The van der Waals surface area contributed by atoms with Gasteiger partial charge in [0, 0.05) is 5.69 Å². The lowest BCUT2D eigenvalue weighted by Crippen LogP contribution is -2.20. The van der Waals surface area contributed by atoms with Gasteiger partial charge < -0.3 is 29.7 Å². The minimum atomic E-state index is -0.841. The van der Waals surface area contributed by atoms with E-state index in [0.29, 0.717) is 11.3 Å². The Morgan fingerprint density at radius 3 is 2.34 bits per heavy atom. The zero-order valence-electron chi connectivity index (χ0n) is 18.0. The van der Waals surface area contributed by atoms with E-state index in [-0.39, 0.29) is 39.9 Å². The van der Waals surface area contributed by atoms with Crippen molar-refractivity contribution in [3.05, 3.63) is 45.2 Å². The van der Waals surface area contributed by atoms with E-state index in [1.807, 2.05) is 0 Å². The van der Waals surface area contributed by atoms with Crippen LogP contribution in [0.1, 0.15) is 49.4 Å². The van der Waals surface area contributed by atoms with Gasteiger partial charge in [-0.25, -0.2) is 9.59 Å². The number of carbonyl (C=O) groups excluding carboxylic acids is 4. The number of halogens is 1. The lowest BCUT2D eigenvalue weighted by Gasteiger charge is -2.13. The van der Waals surface area contributed by atoms with Crippen LogP contribution in [-0.4, -0.2) is 55.5 Å². The molecule has 0 aliphatic rings. The number of benzene rings is 1. The van der Waals surface area contributed by atoms with E-state index in [4.69, 9.17) is 36.3 Å². The van der Waals surface area contributed by atoms with Crippen LogP contribution in [0.25, 0.3) is 0 Å². The number of ketones is 1. The maximum atomic E-state index is 12.6. The Morgan fingerprint density at radius 1 is 1.06 bits per heavy atom. The molecule has 1 amide bonds. The van der Waals surface area contributed by atoms with Gasteiger partial charge in [-0.3, -0.25) is 9.59 Å². The molecule has 172 valence electrons. The van der Waals surface area contributed by atoms with Crippen LogP contribution in [0.5, 0.6) is 11.5 Å². The zero-order valence-corrected chi connectivity index (χ0v) is 18.8. The van der Waals surface area contributed by atoms with Crippen molar-refractivity contribution in [3.8, 4) is 11.5 Å². The number of rotatable bonds is 10. The highest BCUT2D eigenvalue weighted by atomic mass is 35.5. The van der Waals surface area contributed by atoms with Crippen molar-refractivity contribution in [2.45, 2.75) is 20.8 Å². The Balaban J connectivity index is 2.15. The number of ether oxygens (including phenoxy) is 4.